The van der Waals surface area contributed by atoms with Crippen LogP contribution >= 0.6 is 6.60 Å². The summed E-state index contributed by atoms with van der Waals surface area (Å²) in [6.45, 7) is -0.666. The summed E-state index contributed by atoms with van der Waals surface area (Å²) < 4.78 is 0. The molecule has 0 spiro atoms. The fraction of sp³-hybridized carbons (Fsp3) is 0.321. The Kier molecular flexibility index (Phi) is 8.00. The third kappa shape index (κ3) is 4.28. The Labute approximate surface area is 182 Å². The van der Waals surface area contributed by atoms with Crippen LogP contribution in [0.25, 0.3) is 0 Å². The summed E-state index contributed by atoms with van der Waals surface area (Å²) >= 11 is 0. The van der Waals surface area contributed by atoms with Gasteiger partial charge in [-0.2, -0.15) is 0 Å². The molecule has 0 saturated carbocycles. The van der Waals surface area contributed by atoms with Crippen molar-refractivity contribution in [3.8, 4) is 0 Å². The number of carbonyl (C=O) groups is 1. The van der Waals surface area contributed by atoms with E-state index < -0.39 is 6.60 Å². The van der Waals surface area contributed by atoms with Gasteiger partial charge in [-0.1, -0.05) is 0 Å². The van der Waals surface area contributed by atoms with Gasteiger partial charge in [0.2, 0.25) is 0 Å². The summed E-state index contributed by atoms with van der Waals surface area (Å²) in [6, 6.07) is 32.6. The van der Waals surface area contributed by atoms with Gasteiger partial charge in [-0.3, -0.25) is 0 Å². The van der Waals surface area contributed by atoms with E-state index >= 15 is 0 Å². The molecule has 0 fully saturated rings. The van der Waals surface area contributed by atoms with E-state index in [4.69, 9.17) is 0 Å². The predicted octanol–water partition coefficient (Wildman–Crippen LogP) is 6.08. The standard InChI is InChI=1S/C28H35OP/c1-2-3-4-5-6-16-24-30(25-23-29,26-17-10-7-11-18-26,27-19-12-8-13-20-27)28-21-14-9-15-22-28/h7-15,17-23H,2-6,16,24-25H2,1H3. The Morgan fingerprint density at radius 1 is 0.600 bits per heavy atom. The van der Waals surface area contributed by atoms with Gasteiger partial charge in [0.1, 0.15) is 0 Å². The van der Waals surface area contributed by atoms with E-state index in [0.29, 0.717) is 6.16 Å². The van der Waals surface area contributed by atoms with Crippen molar-refractivity contribution in [1.82, 2.24) is 0 Å². The quantitative estimate of drug-likeness (QED) is 0.198. The van der Waals surface area contributed by atoms with E-state index in [1.807, 2.05) is 0 Å². The Balaban J connectivity index is 2.20. The Morgan fingerprint density at radius 2 is 1.00 bits per heavy atom. The van der Waals surface area contributed by atoms with Crippen LogP contribution in [-0.4, -0.2) is 18.6 Å². The van der Waals surface area contributed by atoms with Crippen LogP contribution in [0.15, 0.2) is 91.0 Å². The van der Waals surface area contributed by atoms with Crippen LogP contribution in [0.1, 0.15) is 45.4 Å². The number of rotatable bonds is 12. The van der Waals surface area contributed by atoms with E-state index in [2.05, 4.69) is 97.9 Å². The summed E-state index contributed by atoms with van der Waals surface area (Å²) in [5, 5.41) is 4.00. The molecular formula is C28H35OP. The number of benzene rings is 3. The van der Waals surface area contributed by atoms with Gasteiger partial charge in [0, 0.05) is 0 Å². The van der Waals surface area contributed by atoms with Gasteiger partial charge in [0.05, 0.1) is 0 Å². The van der Waals surface area contributed by atoms with Crippen molar-refractivity contribution in [1.29, 1.82) is 0 Å². The molecule has 0 aliphatic heterocycles. The molecule has 0 amide bonds. The zero-order valence-electron chi connectivity index (χ0n) is 18.2. The number of hydrogen-bond acceptors (Lipinski definition) is 1. The third-order valence-electron chi connectivity index (χ3n) is 6.62. The summed E-state index contributed by atoms with van der Waals surface area (Å²) in [7, 11) is 0. The predicted molar refractivity (Wildman–Crippen MR) is 134 cm³/mol. The molecule has 2 heteroatoms. The SMILES string of the molecule is CCCCCCCCP(CC=O)(c1ccccc1)(c1ccccc1)c1ccccc1. The molecular weight excluding hydrogens is 383 g/mol. The first-order valence-corrected chi connectivity index (χ1v) is 14.0. The number of aldehydes is 1. The number of unbranched alkanes of at least 4 members (excludes halogenated alkanes) is 5. The molecule has 0 aliphatic carbocycles. The molecule has 0 N–H and O–H groups in total. The van der Waals surface area contributed by atoms with Crippen LogP contribution in [0.2, 0.25) is 0 Å². The van der Waals surface area contributed by atoms with Crippen LogP contribution < -0.4 is 15.9 Å². The molecule has 0 saturated heterocycles. The van der Waals surface area contributed by atoms with Gasteiger partial charge in [-0.15, -0.1) is 0 Å². The fourth-order valence-electron chi connectivity index (χ4n) is 5.01. The first-order valence-electron chi connectivity index (χ1n) is 11.4. The van der Waals surface area contributed by atoms with Crippen molar-refractivity contribution in [2.45, 2.75) is 45.4 Å². The molecule has 0 atom stereocenters. The molecule has 3 rings (SSSR count). The molecule has 158 valence electrons. The van der Waals surface area contributed by atoms with Gasteiger partial charge in [-0.05, 0) is 0 Å². The van der Waals surface area contributed by atoms with Crippen molar-refractivity contribution in [3.05, 3.63) is 91.0 Å². The molecule has 0 bridgehead atoms. The minimum atomic E-state index is -2.93. The Hall–Kier alpha value is -2.24. The number of hydrogen-bond donors (Lipinski definition) is 0. The van der Waals surface area contributed by atoms with Crippen molar-refractivity contribution in [3.63, 3.8) is 0 Å². The van der Waals surface area contributed by atoms with Gasteiger partial charge in [0.25, 0.3) is 0 Å². The summed E-state index contributed by atoms with van der Waals surface area (Å²) in [6.07, 6.45) is 10.3. The second kappa shape index (κ2) is 10.7. The van der Waals surface area contributed by atoms with Crippen LogP contribution in [0, 0.1) is 0 Å². The molecule has 1 nitrogen and oxygen atoms in total. The van der Waals surface area contributed by atoms with Gasteiger partial charge >= 0.3 is 182 Å². The van der Waals surface area contributed by atoms with Crippen LogP contribution in [0.3, 0.4) is 0 Å². The molecule has 0 aliphatic rings. The molecule has 0 unspecified atom stereocenters. The zero-order chi connectivity index (χ0) is 21.1. The van der Waals surface area contributed by atoms with Gasteiger partial charge < -0.3 is 0 Å². The van der Waals surface area contributed by atoms with Gasteiger partial charge in [0.15, 0.2) is 0 Å². The minimum absolute atomic E-state index is 0.568. The maximum atomic E-state index is 12.4. The fourth-order valence-corrected chi connectivity index (χ4v) is 11.4. The monoisotopic (exact) mass is 418 g/mol. The van der Waals surface area contributed by atoms with Crippen molar-refractivity contribution in [2.24, 2.45) is 0 Å². The second-order valence-corrected chi connectivity index (χ2v) is 13.7. The van der Waals surface area contributed by atoms with Crippen molar-refractivity contribution >= 4 is 28.8 Å². The molecule has 3 aromatic carbocycles. The molecule has 30 heavy (non-hydrogen) atoms. The first-order chi connectivity index (χ1) is 14.8. The first kappa shape index (κ1) is 22.4. The topological polar surface area (TPSA) is 17.1 Å². The maximum absolute atomic E-state index is 12.4. The van der Waals surface area contributed by atoms with Crippen molar-refractivity contribution in [2.75, 3.05) is 12.3 Å². The average Bonchev–Trinajstić information content (AvgIpc) is 2.82. The van der Waals surface area contributed by atoms with Crippen LogP contribution in [0.5, 0.6) is 0 Å². The molecule has 0 heterocycles. The molecule has 3 aromatic rings. The van der Waals surface area contributed by atoms with Crippen LogP contribution in [0.4, 0.5) is 0 Å². The Morgan fingerprint density at radius 3 is 1.40 bits per heavy atom. The summed E-state index contributed by atoms with van der Waals surface area (Å²) in [5.74, 6) is 0. The zero-order valence-corrected chi connectivity index (χ0v) is 19.1. The number of carbonyl (C=O) groups excluding carboxylic acids is 1. The van der Waals surface area contributed by atoms with E-state index in [1.54, 1.807) is 0 Å². The summed E-state index contributed by atoms with van der Waals surface area (Å²) in [5.41, 5.74) is 0. The van der Waals surface area contributed by atoms with E-state index in [9.17, 15) is 4.79 Å². The van der Waals surface area contributed by atoms with Crippen LogP contribution in [-0.2, 0) is 4.79 Å². The molecule has 0 aromatic heterocycles. The summed E-state index contributed by atoms with van der Waals surface area (Å²) in [4.78, 5) is 12.4. The molecule has 0 radical (unpaired) electrons. The average molecular weight is 419 g/mol. The van der Waals surface area contributed by atoms with E-state index in [0.717, 1.165) is 12.6 Å². The second-order valence-electron chi connectivity index (χ2n) is 8.35. The van der Waals surface area contributed by atoms with Crippen molar-refractivity contribution < 1.29 is 4.79 Å². The normalized spacial score (nSPS) is 12.8. The third-order valence-corrected chi connectivity index (χ3v) is 13.5. The van der Waals surface area contributed by atoms with E-state index in [-0.39, 0.29) is 0 Å². The Bertz CT molecular complexity index is 790. The van der Waals surface area contributed by atoms with Gasteiger partial charge in [-0.25, -0.2) is 0 Å². The van der Waals surface area contributed by atoms with E-state index in [1.165, 1.54) is 54.3 Å².